The van der Waals surface area contributed by atoms with Crippen molar-refractivity contribution in [1.82, 2.24) is 10.2 Å². The average Bonchev–Trinajstić information content (AvgIpc) is 3.00. The van der Waals surface area contributed by atoms with Gasteiger partial charge in [0.1, 0.15) is 18.0 Å². The highest BCUT2D eigenvalue weighted by Crippen LogP contribution is 2.46. The third kappa shape index (κ3) is 3.33. The molecule has 2 saturated heterocycles. The summed E-state index contributed by atoms with van der Waals surface area (Å²) in [4.78, 5) is 15.6. The molecule has 6 nitrogen and oxygen atoms in total. The number of hydrogen-bond acceptors (Lipinski definition) is 5. The summed E-state index contributed by atoms with van der Waals surface area (Å²) in [6.45, 7) is 1.57. The molecule has 2 aliphatic heterocycles. The quantitative estimate of drug-likeness (QED) is 0.860. The number of fused-ring (bicyclic) bond motifs is 1. The van der Waals surface area contributed by atoms with Crippen LogP contribution in [0.25, 0.3) is 0 Å². The molecule has 4 rings (SSSR count). The Morgan fingerprint density at radius 2 is 1.96 bits per heavy atom. The first kappa shape index (κ1) is 17.7. The molecule has 1 aromatic rings. The normalized spacial score (nSPS) is 31.3. The molecule has 140 valence electrons. The molecular formula is C19H19F2N5O. The number of halogens is 2. The maximum atomic E-state index is 13.6. The topological polar surface area (TPSA) is 83.2 Å². The molecule has 0 radical (unpaired) electrons. The first-order valence-electron chi connectivity index (χ1n) is 9.02. The number of nitrogens with one attached hydrogen (secondary N) is 1. The van der Waals surface area contributed by atoms with E-state index < -0.39 is 18.0 Å². The number of benzene rings is 1. The van der Waals surface area contributed by atoms with E-state index in [4.69, 9.17) is 10.5 Å². The Bertz CT molecular complexity index is 835. The molecule has 0 aromatic heterocycles. The molecule has 4 atom stereocenters. The lowest BCUT2D eigenvalue weighted by Crippen LogP contribution is -2.42. The van der Waals surface area contributed by atoms with Gasteiger partial charge in [-0.1, -0.05) is 0 Å². The third-order valence-corrected chi connectivity index (χ3v) is 5.78. The summed E-state index contributed by atoms with van der Waals surface area (Å²) in [5.74, 6) is 0.0674. The number of carbonyl (C=O) groups is 1. The molecule has 2 heterocycles. The Morgan fingerprint density at radius 3 is 2.63 bits per heavy atom. The van der Waals surface area contributed by atoms with Crippen LogP contribution in [0.3, 0.4) is 0 Å². The summed E-state index contributed by atoms with van der Waals surface area (Å²) in [6, 6.07) is 7.81. The lowest BCUT2D eigenvalue weighted by Gasteiger charge is -2.23. The van der Waals surface area contributed by atoms with E-state index in [1.807, 2.05) is 12.1 Å². The largest absolute Gasteiger partial charge is 0.371 e. The number of hydrogen-bond donors (Lipinski definition) is 1. The lowest BCUT2D eigenvalue weighted by atomic mass is 10.2. The molecular weight excluding hydrogens is 352 g/mol. The molecule has 1 aromatic carbocycles. The van der Waals surface area contributed by atoms with E-state index in [-0.39, 0.29) is 31.5 Å². The van der Waals surface area contributed by atoms with Gasteiger partial charge >= 0.3 is 0 Å². The van der Waals surface area contributed by atoms with E-state index in [9.17, 15) is 13.6 Å². The Hall–Kier alpha value is -2.71. The van der Waals surface area contributed by atoms with Crippen molar-refractivity contribution in [2.75, 3.05) is 31.1 Å². The highest BCUT2D eigenvalue weighted by molar-refractivity contribution is 5.79. The summed E-state index contributed by atoms with van der Waals surface area (Å²) in [7, 11) is 0. The van der Waals surface area contributed by atoms with Gasteiger partial charge in [-0.15, -0.1) is 0 Å². The number of piperidine rings is 1. The van der Waals surface area contributed by atoms with Gasteiger partial charge in [-0.25, -0.2) is 8.78 Å². The van der Waals surface area contributed by atoms with Crippen LogP contribution in [-0.2, 0) is 4.79 Å². The predicted molar refractivity (Wildman–Crippen MR) is 92.7 cm³/mol. The van der Waals surface area contributed by atoms with Crippen molar-refractivity contribution in [2.24, 2.45) is 11.8 Å². The highest BCUT2D eigenvalue weighted by atomic mass is 19.1. The first-order valence-corrected chi connectivity index (χ1v) is 9.02. The number of rotatable bonds is 4. The number of nitrogens with zero attached hydrogens (tertiary/aromatic N) is 4. The van der Waals surface area contributed by atoms with Gasteiger partial charge in [0.2, 0.25) is 5.91 Å². The number of anilines is 1. The molecule has 3 fully saturated rings. The standard InChI is InChI=1S/C19H19F2N5O/c20-12-1-11(5-22)2-14(3-12)25-9-16-17(10-25)19(16)24-7-18(27)26-8-13(21)4-15(26)6-23/h1-3,13,15-17,19,24H,4,7-10H2/t13-,15-,16?,17?,19?/m0/s1. The Labute approximate surface area is 156 Å². The molecule has 1 aliphatic carbocycles. The minimum atomic E-state index is -1.13. The molecule has 27 heavy (non-hydrogen) atoms. The van der Waals surface area contributed by atoms with Gasteiger partial charge in [-0.2, -0.15) is 10.5 Å². The van der Waals surface area contributed by atoms with Crippen LogP contribution in [0.1, 0.15) is 12.0 Å². The summed E-state index contributed by atoms with van der Waals surface area (Å²) >= 11 is 0. The highest BCUT2D eigenvalue weighted by Gasteiger charge is 2.55. The second-order valence-corrected chi connectivity index (χ2v) is 7.47. The van der Waals surface area contributed by atoms with Gasteiger partial charge in [-0.05, 0) is 30.0 Å². The molecule has 1 saturated carbocycles. The smallest absolute Gasteiger partial charge is 0.237 e. The lowest BCUT2D eigenvalue weighted by molar-refractivity contribution is -0.130. The van der Waals surface area contributed by atoms with E-state index in [1.54, 1.807) is 6.07 Å². The number of carbonyl (C=O) groups excluding carboxylic acids is 1. The van der Waals surface area contributed by atoms with Gasteiger partial charge in [0.25, 0.3) is 0 Å². The fraction of sp³-hybridized carbons (Fsp3) is 0.526. The molecule has 1 amide bonds. The van der Waals surface area contributed by atoms with Crippen molar-refractivity contribution >= 4 is 11.6 Å². The average molecular weight is 371 g/mol. The summed E-state index contributed by atoms with van der Waals surface area (Å²) in [6.07, 6.45) is -1.04. The molecule has 0 spiro atoms. The van der Waals surface area contributed by atoms with Crippen molar-refractivity contribution in [2.45, 2.75) is 24.7 Å². The zero-order valence-corrected chi connectivity index (χ0v) is 14.6. The summed E-state index contributed by atoms with van der Waals surface area (Å²) in [5, 5.41) is 21.2. The van der Waals surface area contributed by atoms with Crippen LogP contribution in [0.15, 0.2) is 18.2 Å². The summed E-state index contributed by atoms with van der Waals surface area (Å²) < 4.78 is 27.1. The van der Waals surface area contributed by atoms with Crippen LogP contribution in [0.2, 0.25) is 0 Å². The van der Waals surface area contributed by atoms with Gasteiger partial charge in [-0.3, -0.25) is 4.79 Å². The second kappa shape index (κ2) is 6.79. The van der Waals surface area contributed by atoms with Crippen LogP contribution in [-0.4, -0.2) is 55.2 Å². The van der Waals surface area contributed by atoms with Crippen LogP contribution in [0, 0.1) is 40.3 Å². The second-order valence-electron chi connectivity index (χ2n) is 7.47. The maximum absolute atomic E-state index is 13.6. The Morgan fingerprint density at radius 1 is 1.22 bits per heavy atom. The van der Waals surface area contributed by atoms with Gasteiger partial charge in [0.05, 0.1) is 30.8 Å². The SMILES string of the molecule is N#Cc1cc(F)cc(N2CC3C(C2)C3NCC(=O)N2C[C@@H](F)C[C@H]2C#N)c1. The fourth-order valence-corrected chi connectivity index (χ4v) is 4.35. The first-order chi connectivity index (χ1) is 13.0. The molecule has 1 N–H and O–H groups in total. The Kier molecular flexibility index (Phi) is 4.45. The minimum Gasteiger partial charge on any atom is -0.371 e. The van der Waals surface area contributed by atoms with Crippen molar-refractivity contribution < 1.29 is 13.6 Å². The maximum Gasteiger partial charge on any atom is 0.237 e. The number of alkyl halides is 1. The van der Waals surface area contributed by atoms with Crippen LogP contribution < -0.4 is 10.2 Å². The van der Waals surface area contributed by atoms with E-state index in [0.29, 0.717) is 23.1 Å². The number of likely N-dealkylation sites (tertiary alicyclic amines) is 1. The van der Waals surface area contributed by atoms with Crippen LogP contribution >= 0.6 is 0 Å². The Balaban J connectivity index is 1.29. The predicted octanol–water partition coefficient (Wildman–Crippen LogP) is 1.18. The zero-order chi connectivity index (χ0) is 19.1. The van der Waals surface area contributed by atoms with E-state index in [1.165, 1.54) is 17.0 Å². The molecule has 8 heteroatoms. The van der Waals surface area contributed by atoms with Crippen molar-refractivity contribution in [3.05, 3.63) is 29.6 Å². The zero-order valence-electron chi connectivity index (χ0n) is 14.6. The minimum absolute atomic E-state index is 0.00909. The van der Waals surface area contributed by atoms with E-state index >= 15 is 0 Å². The van der Waals surface area contributed by atoms with E-state index in [0.717, 1.165) is 13.1 Å². The van der Waals surface area contributed by atoms with Gasteiger partial charge in [0, 0.05) is 31.2 Å². The number of amides is 1. The van der Waals surface area contributed by atoms with Crippen molar-refractivity contribution in [3.63, 3.8) is 0 Å². The fourth-order valence-electron chi connectivity index (χ4n) is 4.35. The number of nitriles is 2. The molecule has 0 bridgehead atoms. The third-order valence-electron chi connectivity index (χ3n) is 5.78. The molecule has 3 aliphatic rings. The van der Waals surface area contributed by atoms with Crippen molar-refractivity contribution in [3.8, 4) is 12.1 Å². The van der Waals surface area contributed by atoms with Gasteiger partial charge < -0.3 is 15.1 Å². The molecule has 2 unspecified atom stereocenters. The van der Waals surface area contributed by atoms with Crippen molar-refractivity contribution in [1.29, 1.82) is 10.5 Å². The van der Waals surface area contributed by atoms with Crippen LogP contribution in [0.5, 0.6) is 0 Å². The monoisotopic (exact) mass is 371 g/mol. The van der Waals surface area contributed by atoms with E-state index in [2.05, 4.69) is 10.2 Å². The van der Waals surface area contributed by atoms with Gasteiger partial charge in [0.15, 0.2) is 0 Å². The summed E-state index contributed by atoms with van der Waals surface area (Å²) in [5.41, 5.74) is 1.01. The van der Waals surface area contributed by atoms with Crippen LogP contribution in [0.4, 0.5) is 14.5 Å².